The molecule has 0 bridgehead atoms. The molecule has 0 radical (unpaired) electrons. The molecular weight excluding hydrogens is 129 g/mol. The van der Waals surface area contributed by atoms with Crippen LogP contribution in [0.3, 0.4) is 0 Å². The Morgan fingerprint density at radius 3 is 2.33 bits per heavy atom. The van der Waals surface area contributed by atoms with Crippen molar-refractivity contribution in [2.45, 2.75) is 25.9 Å². The zero-order valence-electron chi connectivity index (χ0n) is 4.92. The first-order valence-electron chi connectivity index (χ1n) is 2.66. The molecule has 9 heavy (non-hydrogen) atoms. The van der Waals surface area contributed by atoms with Crippen LogP contribution >= 0.6 is 0 Å². The molecule has 1 atom stereocenters. The Balaban J connectivity index is 0. The Labute approximate surface area is 76.9 Å². The quantitative estimate of drug-likeness (QED) is 0.494. The summed E-state index contributed by atoms with van der Waals surface area (Å²) < 4.78 is 0. The van der Waals surface area contributed by atoms with E-state index in [4.69, 9.17) is 10.8 Å². The van der Waals surface area contributed by atoms with Crippen molar-refractivity contribution in [3.8, 4) is 0 Å². The van der Waals surface area contributed by atoms with Crippen molar-refractivity contribution in [1.82, 2.24) is 0 Å². The third-order valence-corrected chi connectivity index (χ3v) is 0.891. The average molecular weight is 141 g/mol. The summed E-state index contributed by atoms with van der Waals surface area (Å²) in [7, 11) is 0. The van der Waals surface area contributed by atoms with Crippen LogP contribution in [0.15, 0.2) is 0 Å². The van der Waals surface area contributed by atoms with E-state index in [-0.39, 0.29) is 29.6 Å². The molecule has 0 spiro atoms. The summed E-state index contributed by atoms with van der Waals surface area (Å²) in [6, 6.07) is 0. The van der Waals surface area contributed by atoms with E-state index in [9.17, 15) is 4.79 Å². The second-order valence-corrected chi connectivity index (χ2v) is 1.71. The van der Waals surface area contributed by atoms with Crippen LogP contribution in [0.2, 0.25) is 0 Å². The first kappa shape index (κ1) is 12.1. The minimum atomic E-state index is -0.944. The van der Waals surface area contributed by atoms with Gasteiger partial charge in [0.1, 0.15) is 6.10 Å². The predicted octanol–water partition coefficient (Wildman–Crippen LogP) is -1.02. The average Bonchev–Trinajstić information content (AvgIpc) is 1.67. The molecule has 50 valence electrons. The van der Waals surface area contributed by atoms with Gasteiger partial charge in [0.2, 0.25) is 5.91 Å². The summed E-state index contributed by atoms with van der Waals surface area (Å²) in [5.74, 6) is -0.633. The molecular formula is C5H12NNaO2. The number of amides is 1. The molecule has 0 aliphatic carbocycles. The molecule has 0 aromatic heterocycles. The standard InChI is InChI=1S/C5H11NO2.Na.H/c1-2-3-4(7)5(6)8;;/h4,7H,2-3H2,1H3,(H2,6,8);;. The zero-order chi connectivity index (χ0) is 6.57. The predicted molar refractivity (Wildman–Crippen MR) is 37.3 cm³/mol. The molecule has 0 fully saturated rings. The fraction of sp³-hybridized carbons (Fsp3) is 0.800. The fourth-order valence-electron chi connectivity index (χ4n) is 0.416. The van der Waals surface area contributed by atoms with Gasteiger partial charge in [0.15, 0.2) is 0 Å². The van der Waals surface area contributed by atoms with Crippen molar-refractivity contribution in [2.24, 2.45) is 5.73 Å². The van der Waals surface area contributed by atoms with Crippen LogP contribution in [-0.2, 0) is 4.79 Å². The number of rotatable bonds is 3. The van der Waals surface area contributed by atoms with E-state index in [0.29, 0.717) is 6.42 Å². The van der Waals surface area contributed by atoms with Crippen LogP contribution < -0.4 is 5.73 Å². The Morgan fingerprint density at radius 1 is 1.78 bits per heavy atom. The maximum absolute atomic E-state index is 10.1. The molecule has 0 rings (SSSR count). The van der Waals surface area contributed by atoms with Crippen molar-refractivity contribution < 1.29 is 9.90 Å². The number of aliphatic hydroxyl groups excluding tert-OH is 1. The summed E-state index contributed by atoms with van der Waals surface area (Å²) in [6.45, 7) is 1.88. The zero-order valence-corrected chi connectivity index (χ0v) is 4.92. The monoisotopic (exact) mass is 141 g/mol. The molecule has 1 unspecified atom stereocenters. The number of carbonyl (C=O) groups excluding carboxylic acids is 1. The molecule has 0 aromatic carbocycles. The summed E-state index contributed by atoms with van der Waals surface area (Å²) >= 11 is 0. The number of hydrogen-bond acceptors (Lipinski definition) is 2. The van der Waals surface area contributed by atoms with Gasteiger partial charge in [-0.3, -0.25) is 4.79 Å². The first-order valence-corrected chi connectivity index (χ1v) is 2.66. The van der Waals surface area contributed by atoms with Crippen molar-refractivity contribution in [1.29, 1.82) is 0 Å². The van der Waals surface area contributed by atoms with Gasteiger partial charge in [-0.2, -0.15) is 0 Å². The van der Waals surface area contributed by atoms with Gasteiger partial charge in [0, 0.05) is 0 Å². The summed E-state index contributed by atoms with van der Waals surface area (Å²) in [5, 5.41) is 8.65. The summed E-state index contributed by atoms with van der Waals surface area (Å²) in [5.41, 5.74) is 4.73. The van der Waals surface area contributed by atoms with Crippen molar-refractivity contribution in [3.63, 3.8) is 0 Å². The Morgan fingerprint density at radius 2 is 2.22 bits per heavy atom. The van der Waals surface area contributed by atoms with Crippen molar-refractivity contribution in [3.05, 3.63) is 0 Å². The Bertz CT molecular complexity index is 87.0. The molecule has 0 saturated heterocycles. The normalized spacial score (nSPS) is 11.8. The van der Waals surface area contributed by atoms with Crippen LogP contribution in [0.5, 0.6) is 0 Å². The summed E-state index contributed by atoms with van der Waals surface area (Å²) in [6.07, 6.45) is 0.305. The van der Waals surface area contributed by atoms with Crippen LogP contribution in [0.1, 0.15) is 19.8 Å². The van der Waals surface area contributed by atoms with Gasteiger partial charge in [-0.1, -0.05) is 13.3 Å². The van der Waals surface area contributed by atoms with Gasteiger partial charge in [0.25, 0.3) is 0 Å². The van der Waals surface area contributed by atoms with Gasteiger partial charge >= 0.3 is 29.6 Å². The van der Waals surface area contributed by atoms with Crippen molar-refractivity contribution in [2.75, 3.05) is 0 Å². The number of hydrogen-bond donors (Lipinski definition) is 2. The van der Waals surface area contributed by atoms with Crippen LogP contribution in [0.4, 0.5) is 0 Å². The van der Waals surface area contributed by atoms with Gasteiger partial charge in [-0.15, -0.1) is 0 Å². The van der Waals surface area contributed by atoms with Crippen LogP contribution in [0, 0.1) is 0 Å². The van der Waals surface area contributed by atoms with E-state index < -0.39 is 12.0 Å². The second-order valence-electron chi connectivity index (χ2n) is 1.71. The topological polar surface area (TPSA) is 63.3 Å². The number of nitrogens with two attached hydrogens (primary N) is 1. The van der Waals surface area contributed by atoms with E-state index in [1.165, 1.54) is 0 Å². The molecule has 4 heteroatoms. The number of carbonyl (C=O) groups is 1. The maximum atomic E-state index is 10.1. The Hall–Kier alpha value is 0.430. The molecule has 3 N–H and O–H groups in total. The van der Waals surface area contributed by atoms with E-state index >= 15 is 0 Å². The third kappa shape index (κ3) is 6.31. The fourth-order valence-corrected chi connectivity index (χ4v) is 0.416. The van der Waals surface area contributed by atoms with Gasteiger partial charge in [0.05, 0.1) is 0 Å². The van der Waals surface area contributed by atoms with Gasteiger partial charge in [-0.25, -0.2) is 0 Å². The van der Waals surface area contributed by atoms with E-state index in [1.54, 1.807) is 0 Å². The molecule has 0 aliphatic rings. The van der Waals surface area contributed by atoms with Crippen LogP contribution in [-0.4, -0.2) is 46.7 Å². The van der Waals surface area contributed by atoms with E-state index in [2.05, 4.69) is 0 Å². The molecule has 0 heterocycles. The van der Waals surface area contributed by atoms with Crippen molar-refractivity contribution >= 4 is 35.5 Å². The second kappa shape index (κ2) is 6.55. The molecule has 0 saturated carbocycles. The van der Waals surface area contributed by atoms with E-state index in [1.807, 2.05) is 6.92 Å². The minimum absolute atomic E-state index is 0. The summed E-state index contributed by atoms with van der Waals surface area (Å²) in [4.78, 5) is 10.1. The third-order valence-electron chi connectivity index (χ3n) is 0.891. The molecule has 1 amide bonds. The molecule has 0 aromatic rings. The molecule has 0 aliphatic heterocycles. The van der Waals surface area contributed by atoms with Gasteiger partial charge < -0.3 is 10.8 Å². The molecule has 3 nitrogen and oxygen atoms in total. The van der Waals surface area contributed by atoms with Crippen LogP contribution in [0.25, 0.3) is 0 Å². The first-order chi connectivity index (χ1) is 3.68. The van der Waals surface area contributed by atoms with Gasteiger partial charge in [-0.05, 0) is 6.42 Å². The SMILES string of the molecule is CCCC(O)C(N)=O.[NaH]. The number of primary amides is 1. The Kier molecular flexibility index (Phi) is 8.83. The number of aliphatic hydroxyl groups is 1. The van der Waals surface area contributed by atoms with E-state index in [0.717, 1.165) is 6.42 Å².